The molecule has 0 saturated carbocycles. The minimum atomic E-state index is -0.0677. The van der Waals surface area contributed by atoms with Gasteiger partial charge < -0.3 is 10.4 Å². The van der Waals surface area contributed by atoms with Gasteiger partial charge in [0.1, 0.15) is 0 Å². The number of halogens is 2. The number of benzene rings is 1. The lowest BCUT2D eigenvalue weighted by atomic mass is 9.88. The molecule has 0 fully saturated rings. The molecule has 4 heteroatoms. The number of aliphatic hydroxyl groups excluding tert-OH is 1. The van der Waals surface area contributed by atoms with Crippen molar-refractivity contribution in [1.82, 2.24) is 0 Å². The van der Waals surface area contributed by atoms with E-state index < -0.39 is 0 Å². The molecule has 0 aliphatic heterocycles. The van der Waals surface area contributed by atoms with Crippen molar-refractivity contribution >= 4 is 37.5 Å². The van der Waals surface area contributed by atoms with E-state index in [2.05, 4.69) is 51.0 Å². The van der Waals surface area contributed by atoms with E-state index in [1.807, 2.05) is 18.2 Å². The molecule has 0 aliphatic carbocycles. The van der Waals surface area contributed by atoms with Gasteiger partial charge in [-0.15, -0.1) is 0 Å². The molecule has 16 heavy (non-hydrogen) atoms. The molecule has 0 aromatic heterocycles. The van der Waals surface area contributed by atoms with Crippen LogP contribution in [-0.4, -0.2) is 18.3 Å². The van der Waals surface area contributed by atoms with Crippen LogP contribution in [0.1, 0.15) is 20.3 Å². The normalized spacial score (nSPS) is 14.6. The summed E-state index contributed by atoms with van der Waals surface area (Å²) in [6.45, 7) is 5.12. The Kier molecular flexibility index (Phi) is 5.28. The van der Waals surface area contributed by atoms with E-state index in [4.69, 9.17) is 0 Å². The van der Waals surface area contributed by atoms with E-state index in [1.165, 1.54) is 0 Å². The van der Waals surface area contributed by atoms with E-state index >= 15 is 0 Å². The fourth-order valence-corrected chi connectivity index (χ4v) is 1.98. The van der Waals surface area contributed by atoms with Gasteiger partial charge in [-0.2, -0.15) is 0 Å². The first kappa shape index (κ1) is 14.0. The molecule has 1 atom stereocenters. The predicted octanol–water partition coefficient (Wildman–Crippen LogP) is 4.03. The highest BCUT2D eigenvalue weighted by molar-refractivity contribution is 9.11. The van der Waals surface area contributed by atoms with Gasteiger partial charge in [0.15, 0.2) is 0 Å². The van der Waals surface area contributed by atoms with Gasteiger partial charge in [-0.05, 0) is 40.5 Å². The average molecular weight is 351 g/mol. The molecular weight excluding hydrogens is 334 g/mol. The number of hydrogen-bond donors (Lipinski definition) is 2. The van der Waals surface area contributed by atoms with Crippen molar-refractivity contribution in [3.63, 3.8) is 0 Å². The van der Waals surface area contributed by atoms with E-state index in [0.717, 1.165) is 27.6 Å². The molecule has 0 heterocycles. The number of anilines is 1. The molecule has 90 valence electrons. The Morgan fingerprint density at radius 3 is 2.62 bits per heavy atom. The fraction of sp³-hybridized carbons (Fsp3) is 0.500. The third-order valence-electron chi connectivity index (χ3n) is 2.87. The summed E-state index contributed by atoms with van der Waals surface area (Å²) in [7, 11) is 0. The second-order valence-corrected chi connectivity index (χ2v) is 6.07. The summed E-state index contributed by atoms with van der Waals surface area (Å²) in [5.74, 6) is 0. The minimum absolute atomic E-state index is 0.0677. The molecule has 1 aromatic carbocycles. The first-order valence-electron chi connectivity index (χ1n) is 5.30. The first-order valence-corrected chi connectivity index (χ1v) is 6.89. The zero-order valence-electron chi connectivity index (χ0n) is 9.56. The van der Waals surface area contributed by atoms with Crippen LogP contribution < -0.4 is 5.32 Å². The van der Waals surface area contributed by atoms with Crippen LogP contribution in [0.3, 0.4) is 0 Å². The molecule has 1 unspecified atom stereocenters. The van der Waals surface area contributed by atoms with Gasteiger partial charge in [0.25, 0.3) is 0 Å². The van der Waals surface area contributed by atoms with Crippen molar-refractivity contribution in [3.8, 4) is 0 Å². The summed E-state index contributed by atoms with van der Waals surface area (Å²) in [4.78, 5) is 0. The first-order chi connectivity index (χ1) is 7.50. The molecule has 0 radical (unpaired) electrons. The van der Waals surface area contributed by atoms with Crippen molar-refractivity contribution < 1.29 is 5.11 Å². The maximum absolute atomic E-state index is 9.33. The Balaban J connectivity index is 2.70. The number of hydrogen-bond acceptors (Lipinski definition) is 2. The Morgan fingerprint density at radius 2 is 2.06 bits per heavy atom. The highest BCUT2D eigenvalue weighted by Gasteiger charge is 2.20. The van der Waals surface area contributed by atoms with Gasteiger partial charge in [0.2, 0.25) is 0 Å². The van der Waals surface area contributed by atoms with Crippen molar-refractivity contribution in [2.24, 2.45) is 5.41 Å². The highest BCUT2D eigenvalue weighted by atomic mass is 79.9. The summed E-state index contributed by atoms with van der Waals surface area (Å²) in [5, 5.41) is 12.7. The minimum Gasteiger partial charge on any atom is -0.396 e. The lowest BCUT2D eigenvalue weighted by molar-refractivity contribution is 0.149. The zero-order valence-corrected chi connectivity index (χ0v) is 12.7. The largest absolute Gasteiger partial charge is 0.396 e. The van der Waals surface area contributed by atoms with Crippen LogP contribution in [0, 0.1) is 5.41 Å². The van der Waals surface area contributed by atoms with Crippen molar-refractivity contribution in [1.29, 1.82) is 0 Å². The van der Waals surface area contributed by atoms with E-state index in [-0.39, 0.29) is 12.0 Å². The van der Waals surface area contributed by atoms with Crippen LogP contribution in [0.15, 0.2) is 27.1 Å². The number of aliphatic hydroxyl groups is 1. The average Bonchev–Trinajstić information content (AvgIpc) is 2.30. The van der Waals surface area contributed by atoms with Crippen molar-refractivity contribution in [2.45, 2.75) is 20.3 Å². The van der Waals surface area contributed by atoms with Gasteiger partial charge in [0.05, 0.1) is 6.61 Å². The topological polar surface area (TPSA) is 32.3 Å². The van der Waals surface area contributed by atoms with Crippen LogP contribution in [0.2, 0.25) is 0 Å². The van der Waals surface area contributed by atoms with Crippen LogP contribution in [0.5, 0.6) is 0 Å². The molecule has 0 saturated heterocycles. The molecule has 2 nitrogen and oxygen atoms in total. The van der Waals surface area contributed by atoms with Crippen molar-refractivity contribution in [2.75, 3.05) is 18.5 Å². The second kappa shape index (κ2) is 6.03. The summed E-state index contributed by atoms with van der Waals surface area (Å²) in [6.07, 6.45) is 0.947. The number of nitrogens with one attached hydrogen (secondary N) is 1. The fourth-order valence-electron chi connectivity index (χ4n) is 1.23. The summed E-state index contributed by atoms with van der Waals surface area (Å²) in [6, 6.07) is 6.01. The van der Waals surface area contributed by atoms with Gasteiger partial charge in [0, 0.05) is 26.6 Å². The lowest BCUT2D eigenvalue weighted by Crippen LogP contribution is -2.29. The Morgan fingerprint density at radius 1 is 1.38 bits per heavy atom. The smallest absolute Gasteiger partial charge is 0.0501 e. The standard InChI is InChI=1S/C12H17Br2NO/c1-3-12(2,8-16)7-15-11-6-9(13)4-5-10(11)14/h4-6,15-16H,3,7-8H2,1-2H3. The maximum atomic E-state index is 9.33. The maximum Gasteiger partial charge on any atom is 0.0501 e. The summed E-state index contributed by atoms with van der Waals surface area (Å²) in [5.41, 5.74) is 0.976. The molecule has 0 aliphatic rings. The Labute approximate surface area is 114 Å². The quantitative estimate of drug-likeness (QED) is 0.840. The van der Waals surface area contributed by atoms with Gasteiger partial charge in [-0.25, -0.2) is 0 Å². The van der Waals surface area contributed by atoms with Crippen LogP contribution in [-0.2, 0) is 0 Å². The van der Waals surface area contributed by atoms with E-state index in [9.17, 15) is 5.11 Å². The second-order valence-electron chi connectivity index (χ2n) is 4.30. The van der Waals surface area contributed by atoms with Crippen LogP contribution in [0.25, 0.3) is 0 Å². The molecule has 0 amide bonds. The third kappa shape index (κ3) is 3.75. The molecular formula is C12H17Br2NO. The molecule has 0 spiro atoms. The van der Waals surface area contributed by atoms with E-state index in [1.54, 1.807) is 0 Å². The Bertz CT molecular complexity index is 351. The summed E-state index contributed by atoms with van der Waals surface area (Å²) >= 11 is 6.94. The van der Waals surface area contributed by atoms with Crippen molar-refractivity contribution in [3.05, 3.63) is 27.1 Å². The molecule has 2 N–H and O–H groups in total. The third-order valence-corrected chi connectivity index (χ3v) is 4.05. The van der Waals surface area contributed by atoms with Crippen LogP contribution >= 0.6 is 31.9 Å². The van der Waals surface area contributed by atoms with Crippen LogP contribution in [0.4, 0.5) is 5.69 Å². The van der Waals surface area contributed by atoms with E-state index in [0.29, 0.717) is 0 Å². The predicted molar refractivity (Wildman–Crippen MR) is 75.8 cm³/mol. The molecule has 1 rings (SSSR count). The van der Waals surface area contributed by atoms with Gasteiger partial charge in [-0.3, -0.25) is 0 Å². The highest BCUT2D eigenvalue weighted by Crippen LogP contribution is 2.28. The number of rotatable bonds is 5. The monoisotopic (exact) mass is 349 g/mol. The molecule has 0 bridgehead atoms. The Hall–Kier alpha value is -0.0600. The van der Waals surface area contributed by atoms with Gasteiger partial charge in [-0.1, -0.05) is 29.8 Å². The summed E-state index contributed by atoms with van der Waals surface area (Å²) < 4.78 is 2.08. The SMILES string of the molecule is CCC(C)(CO)CNc1cc(Br)ccc1Br. The zero-order chi connectivity index (χ0) is 12.2. The molecule has 1 aromatic rings. The lowest BCUT2D eigenvalue weighted by Gasteiger charge is -2.26. The van der Waals surface area contributed by atoms with Gasteiger partial charge >= 0.3 is 0 Å².